The second-order valence-corrected chi connectivity index (χ2v) is 6.98. The van der Waals surface area contributed by atoms with Gasteiger partial charge in [-0.25, -0.2) is 0 Å². The molecule has 2 heteroatoms. The summed E-state index contributed by atoms with van der Waals surface area (Å²) in [4.78, 5) is 11.7. The summed E-state index contributed by atoms with van der Waals surface area (Å²) in [7, 11) is 0. The summed E-state index contributed by atoms with van der Waals surface area (Å²) < 4.78 is 5.78. The van der Waals surface area contributed by atoms with E-state index < -0.39 is 0 Å². The molecule has 1 heterocycles. The molecule has 0 aromatic heterocycles. The van der Waals surface area contributed by atoms with E-state index in [1.807, 2.05) is 27.7 Å². The molecule has 2 nitrogen and oxygen atoms in total. The molecule has 2 fully saturated rings. The number of fused-ring (bicyclic) bond motifs is 5. The van der Waals surface area contributed by atoms with Crippen LogP contribution in [0.25, 0.3) is 0 Å². The Hall–Kier alpha value is -1.31. The highest BCUT2D eigenvalue weighted by Gasteiger charge is 2.52. The molecule has 0 amide bonds. The van der Waals surface area contributed by atoms with Gasteiger partial charge in [-0.3, -0.25) is 4.79 Å². The zero-order valence-corrected chi connectivity index (χ0v) is 16.1. The Morgan fingerprint density at radius 1 is 1.00 bits per heavy atom. The summed E-state index contributed by atoms with van der Waals surface area (Å²) in [6.07, 6.45) is 6.29. The average Bonchev–Trinajstić information content (AvgIpc) is 2.63. The fourth-order valence-corrected chi connectivity index (χ4v) is 5.04. The minimum atomic E-state index is -0.192. The number of benzene rings is 1. The highest BCUT2D eigenvalue weighted by Crippen LogP contribution is 2.55. The number of carbonyl (C=O) groups excluding carboxylic acids is 1. The minimum absolute atomic E-state index is 0.0124. The van der Waals surface area contributed by atoms with Crippen molar-refractivity contribution in [2.45, 2.75) is 84.7 Å². The SMILES string of the molecule is CC.CC.C[C@]12CCC3c4ccccc4CCC3C1CCC(=O)O2. The predicted molar refractivity (Wildman–Crippen MR) is 100 cm³/mol. The van der Waals surface area contributed by atoms with E-state index in [1.54, 1.807) is 11.1 Å². The molecule has 1 aromatic rings. The van der Waals surface area contributed by atoms with Crippen LogP contribution in [0.5, 0.6) is 0 Å². The van der Waals surface area contributed by atoms with E-state index in [2.05, 4.69) is 31.2 Å². The van der Waals surface area contributed by atoms with Crippen molar-refractivity contribution in [3.63, 3.8) is 0 Å². The van der Waals surface area contributed by atoms with Crippen LogP contribution in [0.4, 0.5) is 0 Å². The molecule has 1 aromatic carbocycles. The third-order valence-electron chi connectivity index (χ3n) is 5.98. The number of aryl methyl sites for hydroxylation is 1. The monoisotopic (exact) mass is 330 g/mol. The second kappa shape index (κ2) is 8.18. The van der Waals surface area contributed by atoms with E-state index in [0.717, 1.165) is 12.8 Å². The zero-order chi connectivity index (χ0) is 17.7. The molecule has 4 rings (SSSR count). The van der Waals surface area contributed by atoms with Crippen molar-refractivity contribution in [3.05, 3.63) is 35.4 Å². The van der Waals surface area contributed by atoms with Crippen LogP contribution in [-0.4, -0.2) is 11.6 Å². The summed E-state index contributed by atoms with van der Waals surface area (Å²) in [5.74, 6) is 1.97. The van der Waals surface area contributed by atoms with Gasteiger partial charge in [0.15, 0.2) is 0 Å². The Morgan fingerprint density at radius 3 is 2.46 bits per heavy atom. The number of ether oxygens (including phenoxy) is 1. The fourth-order valence-electron chi connectivity index (χ4n) is 5.04. The maximum atomic E-state index is 11.7. The Labute approximate surface area is 148 Å². The maximum absolute atomic E-state index is 11.7. The molecule has 2 aliphatic carbocycles. The highest BCUT2D eigenvalue weighted by molar-refractivity contribution is 5.71. The summed E-state index contributed by atoms with van der Waals surface area (Å²) in [5.41, 5.74) is 2.93. The van der Waals surface area contributed by atoms with E-state index >= 15 is 0 Å². The molecule has 3 aliphatic rings. The van der Waals surface area contributed by atoms with Crippen LogP contribution < -0.4 is 0 Å². The first-order valence-electron chi connectivity index (χ1n) is 9.97. The van der Waals surface area contributed by atoms with Crippen LogP contribution in [0.15, 0.2) is 24.3 Å². The number of hydrogen-bond acceptors (Lipinski definition) is 2. The van der Waals surface area contributed by atoms with Crippen molar-refractivity contribution < 1.29 is 9.53 Å². The van der Waals surface area contributed by atoms with Gasteiger partial charge in [-0.1, -0.05) is 52.0 Å². The van der Waals surface area contributed by atoms with E-state index in [0.29, 0.717) is 24.2 Å². The molecule has 24 heavy (non-hydrogen) atoms. The normalized spacial score (nSPS) is 33.2. The van der Waals surface area contributed by atoms with Crippen molar-refractivity contribution in [1.29, 1.82) is 0 Å². The smallest absolute Gasteiger partial charge is 0.306 e. The first kappa shape index (κ1) is 19.0. The van der Waals surface area contributed by atoms with Gasteiger partial charge in [0.25, 0.3) is 0 Å². The van der Waals surface area contributed by atoms with Gasteiger partial charge < -0.3 is 4.74 Å². The molecule has 1 saturated carbocycles. The van der Waals surface area contributed by atoms with Gasteiger partial charge in [0.1, 0.15) is 5.60 Å². The molecule has 0 spiro atoms. The molecule has 0 N–H and O–H groups in total. The first-order valence-corrected chi connectivity index (χ1v) is 9.97. The lowest BCUT2D eigenvalue weighted by molar-refractivity contribution is -0.185. The van der Waals surface area contributed by atoms with E-state index in [1.165, 1.54) is 19.3 Å². The fraction of sp³-hybridized carbons (Fsp3) is 0.682. The molecule has 1 saturated heterocycles. The summed E-state index contributed by atoms with van der Waals surface area (Å²) >= 11 is 0. The predicted octanol–water partition coefficient (Wildman–Crippen LogP) is 5.89. The average molecular weight is 331 g/mol. The standard InChI is InChI=1S/C18H22O2.2C2H6/c1-18-11-10-14-13-5-3-2-4-12(13)6-7-15(14)16(18)8-9-17(19)20-18;2*1-2/h2-5,14-16H,6-11H2,1H3;2*1-2H3/t14?,15?,16?,18-;;/m0../s1. The van der Waals surface area contributed by atoms with E-state index in [9.17, 15) is 4.79 Å². The van der Waals surface area contributed by atoms with Crippen LogP contribution in [0.2, 0.25) is 0 Å². The van der Waals surface area contributed by atoms with E-state index in [-0.39, 0.29) is 11.6 Å². The van der Waals surface area contributed by atoms with Crippen molar-refractivity contribution in [2.24, 2.45) is 11.8 Å². The van der Waals surface area contributed by atoms with Gasteiger partial charge in [-0.2, -0.15) is 0 Å². The molecule has 4 atom stereocenters. The molecule has 134 valence electrons. The van der Waals surface area contributed by atoms with Crippen molar-refractivity contribution >= 4 is 5.97 Å². The Bertz CT molecular complexity index is 551. The molecule has 0 bridgehead atoms. The van der Waals surface area contributed by atoms with Crippen molar-refractivity contribution in [3.8, 4) is 0 Å². The maximum Gasteiger partial charge on any atom is 0.306 e. The summed E-state index contributed by atoms with van der Waals surface area (Å²) in [6.45, 7) is 10.2. The van der Waals surface area contributed by atoms with Crippen LogP contribution in [0.3, 0.4) is 0 Å². The molecule has 3 unspecified atom stereocenters. The first-order chi connectivity index (χ1) is 11.7. The van der Waals surface area contributed by atoms with E-state index in [4.69, 9.17) is 4.74 Å². The summed E-state index contributed by atoms with van der Waals surface area (Å²) in [6, 6.07) is 8.95. The highest BCUT2D eigenvalue weighted by atomic mass is 16.6. The molecule has 0 radical (unpaired) electrons. The molecular weight excluding hydrogens is 296 g/mol. The third-order valence-corrected chi connectivity index (χ3v) is 5.98. The second-order valence-electron chi connectivity index (χ2n) is 6.98. The number of rotatable bonds is 0. The Kier molecular flexibility index (Phi) is 6.48. The number of carbonyl (C=O) groups is 1. The number of hydrogen-bond donors (Lipinski definition) is 0. The zero-order valence-electron chi connectivity index (χ0n) is 16.1. The van der Waals surface area contributed by atoms with Crippen LogP contribution >= 0.6 is 0 Å². The van der Waals surface area contributed by atoms with Crippen LogP contribution in [0, 0.1) is 11.8 Å². The van der Waals surface area contributed by atoms with Gasteiger partial charge >= 0.3 is 5.97 Å². The minimum Gasteiger partial charge on any atom is -0.459 e. The van der Waals surface area contributed by atoms with Gasteiger partial charge in [-0.15, -0.1) is 0 Å². The van der Waals surface area contributed by atoms with Gasteiger partial charge in [0.05, 0.1) is 0 Å². The number of esters is 1. The lowest BCUT2D eigenvalue weighted by atomic mass is 9.57. The molecule has 1 aliphatic heterocycles. The van der Waals surface area contributed by atoms with Crippen molar-refractivity contribution in [2.75, 3.05) is 0 Å². The Balaban J connectivity index is 0.000000487. The summed E-state index contributed by atoms with van der Waals surface area (Å²) in [5, 5.41) is 0. The topological polar surface area (TPSA) is 26.3 Å². The van der Waals surface area contributed by atoms with Gasteiger partial charge in [0, 0.05) is 12.3 Å². The van der Waals surface area contributed by atoms with Gasteiger partial charge in [0.2, 0.25) is 0 Å². The molecular formula is C22H34O2. The largest absolute Gasteiger partial charge is 0.459 e. The Morgan fingerprint density at radius 2 is 1.71 bits per heavy atom. The lowest BCUT2D eigenvalue weighted by Crippen LogP contribution is -2.52. The quantitative estimate of drug-likeness (QED) is 0.554. The van der Waals surface area contributed by atoms with Crippen molar-refractivity contribution in [1.82, 2.24) is 0 Å². The van der Waals surface area contributed by atoms with Gasteiger partial charge in [-0.05, 0) is 62.0 Å². The van der Waals surface area contributed by atoms with Crippen LogP contribution in [-0.2, 0) is 16.0 Å². The third kappa shape index (κ3) is 3.38. The van der Waals surface area contributed by atoms with Crippen LogP contribution in [0.1, 0.15) is 83.8 Å². The lowest BCUT2D eigenvalue weighted by Gasteiger charge is -2.53.